The third-order valence-electron chi connectivity index (χ3n) is 2.70. The highest BCUT2D eigenvalue weighted by Gasteiger charge is 2.14. The zero-order valence-electron chi connectivity index (χ0n) is 10.7. The van der Waals surface area contributed by atoms with Crippen molar-refractivity contribution >= 4 is 22.7 Å². The molecule has 0 bridgehead atoms. The molecule has 0 saturated carbocycles. The van der Waals surface area contributed by atoms with Gasteiger partial charge in [0.2, 0.25) is 0 Å². The van der Waals surface area contributed by atoms with Gasteiger partial charge in [-0.15, -0.1) is 22.7 Å². The van der Waals surface area contributed by atoms with Crippen LogP contribution in [-0.2, 0) is 0 Å². The van der Waals surface area contributed by atoms with Crippen molar-refractivity contribution in [1.82, 2.24) is 10.3 Å². The standard InChI is InChI=1S/C13H18N2S2/c1-8-5-6-12(16-8)10(3)15-11(4)13-14-7-9(2)17-13/h5-7,10-11,15H,1-4H3. The van der Waals surface area contributed by atoms with E-state index in [0.717, 1.165) is 0 Å². The highest BCUT2D eigenvalue weighted by molar-refractivity contribution is 7.12. The summed E-state index contributed by atoms with van der Waals surface area (Å²) in [6.07, 6.45) is 1.94. The van der Waals surface area contributed by atoms with Gasteiger partial charge < -0.3 is 5.32 Å². The van der Waals surface area contributed by atoms with Crippen LogP contribution in [0.2, 0.25) is 0 Å². The molecule has 0 aromatic carbocycles. The van der Waals surface area contributed by atoms with Crippen molar-refractivity contribution in [3.05, 3.63) is 38.0 Å². The molecule has 0 aliphatic carbocycles. The first-order valence-electron chi connectivity index (χ1n) is 5.81. The molecule has 2 nitrogen and oxygen atoms in total. The first kappa shape index (κ1) is 12.7. The average Bonchev–Trinajstić information content (AvgIpc) is 2.87. The minimum atomic E-state index is 0.311. The van der Waals surface area contributed by atoms with Gasteiger partial charge in [-0.05, 0) is 39.8 Å². The second-order valence-corrected chi connectivity index (χ2v) is 6.95. The molecule has 0 fully saturated rings. The molecule has 0 saturated heterocycles. The Morgan fingerprint density at radius 2 is 1.82 bits per heavy atom. The number of hydrogen-bond acceptors (Lipinski definition) is 4. The number of nitrogens with zero attached hydrogens (tertiary/aromatic N) is 1. The molecule has 0 spiro atoms. The Bertz CT molecular complexity index is 443. The van der Waals surface area contributed by atoms with E-state index in [0.29, 0.717) is 12.1 Å². The predicted molar refractivity (Wildman–Crippen MR) is 75.9 cm³/mol. The van der Waals surface area contributed by atoms with Gasteiger partial charge in [-0.1, -0.05) is 0 Å². The number of aryl methyl sites for hydroxylation is 2. The largest absolute Gasteiger partial charge is 0.301 e. The van der Waals surface area contributed by atoms with Gasteiger partial charge in [0.05, 0.1) is 6.04 Å². The van der Waals surface area contributed by atoms with E-state index in [2.05, 4.69) is 50.1 Å². The summed E-state index contributed by atoms with van der Waals surface area (Å²) in [4.78, 5) is 8.46. The third-order valence-corrected chi connectivity index (χ3v) is 4.98. The molecule has 0 aliphatic heterocycles. The molecule has 17 heavy (non-hydrogen) atoms. The van der Waals surface area contributed by atoms with E-state index in [1.807, 2.05) is 17.5 Å². The zero-order chi connectivity index (χ0) is 12.4. The molecule has 2 rings (SSSR count). The van der Waals surface area contributed by atoms with Crippen LogP contribution in [-0.4, -0.2) is 4.98 Å². The summed E-state index contributed by atoms with van der Waals surface area (Å²) in [5.74, 6) is 0. The zero-order valence-corrected chi connectivity index (χ0v) is 12.3. The normalized spacial score (nSPS) is 14.8. The summed E-state index contributed by atoms with van der Waals surface area (Å²) in [5.41, 5.74) is 0. The van der Waals surface area contributed by atoms with Crippen LogP contribution < -0.4 is 5.32 Å². The van der Waals surface area contributed by atoms with Crippen LogP contribution in [0.4, 0.5) is 0 Å². The summed E-state index contributed by atoms with van der Waals surface area (Å²) in [6, 6.07) is 5.08. The molecule has 1 N–H and O–H groups in total. The summed E-state index contributed by atoms with van der Waals surface area (Å²) in [6.45, 7) is 8.63. The van der Waals surface area contributed by atoms with Crippen LogP contribution in [0.1, 0.15) is 45.6 Å². The summed E-state index contributed by atoms with van der Waals surface area (Å²) in [5, 5.41) is 4.77. The molecular weight excluding hydrogens is 248 g/mol. The smallest absolute Gasteiger partial charge is 0.109 e. The van der Waals surface area contributed by atoms with Gasteiger partial charge in [-0.3, -0.25) is 0 Å². The molecule has 0 radical (unpaired) electrons. The van der Waals surface area contributed by atoms with E-state index in [1.54, 1.807) is 11.3 Å². The number of rotatable bonds is 4. The Kier molecular flexibility index (Phi) is 3.97. The van der Waals surface area contributed by atoms with Crippen molar-refractivity contribution in [3.63, 3.8) is 0 Å². The Balaban J connectivity index is 2.01. The van der Waals surface area contributed by atoms with Crippen molar-refractivity contribution in [2.45, 2.75) is 39.8 Å². The molecule has 2 aromatic rings. The summed E-state index contributed by atoms with van der Waals surface area (Å²) < 4.78 is 0. The fourth-order valence-electron chi connectivity index (χ4n) is 1.79. The van der Waals surface area contributed by atoms with Crippen LogP contribution in [0.15, 0.2) is 18.3 Å². The van der Waals surface area contributed by atoms with Crippen molar-refractivity contribution in [2.24, 2.45) is 0 Å². The maximum Gasteiger partial charge on any atom is 0.109 e. The maximum absolute atomic E-state index is 4.43. The number of aromatic nitrogens is 1. The second kappa shape index (κ2) is 5.29. The van der Waals surface area contributed by atoms with Crippen LogP contribution in [0, 0.1) is 13.8 Å². The van der Waals surface area contributed by atoms with E-state index in [-0.39, 0.29) is 0 Å². The number of nitrogens with one attached hydrogen (secondary N) is 1. The van der Waals surface area contributed by atoms with E-state index < -0.39 is 0 Å². The Morgan fingerprint density at radius 3 is 2.35 bits per heavy atom. The molecule has 4 heteroatoms. The van der Waals surface area contributed by atoms with Crippen LogP contribution in [0.25, 0.3) is 0 Å². The first-order valence-corrected chi connectivity index (χ1v) is 7.44. The van der Waals surface area contributed by atoms with Crippen LogP contribution in [0.3, 0.4) is 0 Å². The minimum Gasteiger partial charge on any atom is -0.301 e. The Morgan fingerprint density at radius 1 is 1.06 bits per heavy atom. The van der Waals surface area contributed by atoms with Gasteiger partial charge >= 0.3 is 0 Å². The van der Waals surface area contributed by atoms with Gasteiger partial charge in [0, 0.05) is 26.9 Å². The van der Waals surface area contributed by atoms with Crippen LogP contribution >= 0.6 is 22.7 Å². The quantitative estimate of drug-likeness (QED) is 0.895. The molecule has 2 unspecified atom stereocenters. The van der Waals surface area contributed by atoms with Crippen molar-refractivity contribution < 1.29 is 0 Å². The molecule has 2 atom stereocenters. The lowest BCUT2D eigenvalue weighted by atomic mass is 10.2. The lowest BCUT2D eigenvalue weighted by molar-refractivity contribution is 0.498. The van der Waals surface area contributed by atoms with Crippen molar-refractivity contribution in [2.75, 3.05) is 0 Å². The number of thiophene rings is 1. The maximum atomic E-state index is 4.43. The summed E-state index contributed by atoms with van der Waals surface area (Å²) in [7, 11) is 0. The highest BCUT2D eigenvalue weighted by atomic mass is 32.1. The SMILES string of the molecule is Cc1ccc(C(C)NC(C)c2ncc(C)s2)s1. The summed E-state index contributed by atoms with van der Waals surface area (Å²) >= 11 is 3.63. The molecular formula is C13H18N2S2. The Hall–Kier alpha value is -0.710. The minimum absolute atomic E-state index is 0.311. The number of hydrogen-bond donors (Lipinski definition) is 1. The topological polar surface area (TPSA) is 24.9 Å². The van der Waals surface area contributed by atoms with Gasteiger partial charge in [0.15, 0.2) is 0 Å². The average molecular weight is 266 g/mol. The molecule has 0 aliphatic rings. The van der Waals surface area contributed by atoms with Gasteiger partial charge in [0.25, 0.3) is 0 Å². The van der Waals surface area contributed by atoms with Gasteiger partial charge in [-0.2, -0.15) is 0 Å². The molecule has 2 aromatic heterocycles. The number of thiazole rings is 1. The predicted octanol–water partition coefficient (Wildman–Crippen LogP) is 4.23. The van der Waals surface area contributed by atoms with Crippen molar-refractivity contribution in [1.29, 1.82) is 0 Å². The molecule has 0 amide bonds. The lowest BCUT2D eigenvalue weighted by Crippen LogP contribution is -2.21. The van der Waals surface area contributed by atoms with Gasteiger partial charge in [-0.25, -0.2) is 4.98 Å². The van der Waals surface area contributed by atoms with Crippen LogP contribution in [0.5, 0.6) is 0 Å². The Labute approximate surface area is 111 Å². The van der Waals surface area contributed by atoms with Crippen molar-refractivity contribution in [3.8, 4) is 0 Å². The fraction of sp³-hybridized carbons (Fsp3) is 0.462. The first-order chi connectivity index (χ1) is 8.06. The fourth-order valence-corrected chi connectivity index (χ4v) is 3.46. The van der Waals surface area contributed by atoms with E-state index >= 15 is 0 Å². The monoisotopic (exact) mass is 266 g/mol. The lowest BCUT2D eigenvalue weighted by Gasteiger charge is -2.17. The third kappa shape index (κ3) is 3.15. The van der Waals surface area contributed by atoms with Gasteiger partial charge in [0.1, 0.15) is 5.01 Å². The molecule has 92 valence electrons. The second-order valence-electron chi connectivity index (χ2n) is 4.37. The van der Waals surface area contributed by atoms with E-state index in [4.69, 9.17) is 0 Å². The van der Waals surface area contributed by atoms with E-state index in [9.17, 15) is 0 Å². The molecule has 2 heterocycles. The van der Waals surface area contributed by atoms with E-state index in [1.165, 1.54) is 19.6 Å². The highest BCUT2D eigenvalue weighted by Crippen LogP contribution is 2.26.